The Balaban J connectivity index is 1.67. The minimum atomic E-state index is -0.122. The standard InChI is InChI=1S/C25H27N3O2S/c1-6-17-8-13-21-20(14-17)15(3)23(28(21)7-2)24(29)27-25-26-22(16(4)31-25)18-9-11-19(30-5)12-10-18/h8-14H,6-7H2,1-5H3,(H,26,27,29). The molecular formula is C25H27N3O2S. The number of rotatable bonds is 6. The first-order valence-corrected chi connectivity index (χ1v) is 11.3. The summed E-state index contributed by atoms with van der Waals surface area (Å²) in [5.74, 6) is 0.683. The van der Waals surface area contributed by atoms with Crippen LogP contribution in [0.5, 0.6) is 5.75 Å². The second kappa shape index (κ2) is 8.55. The fraction of sp³-hybridized carbons (Fsp3) is 0.280. The zero-order chi connectivity index (χ0) is 22.1. The summed E-state index contributed by atoms with van der Waals surface area (Å²) in [4.78, 5) is 19.1. The monoisotopic (exact) mass is 433 g/mol. The summed E-state index contributed by atoms with van der Waals surface area (Å²) >= 11 is 1.49. The predicted octanol–water partition coefficient (Wildman–Crippen LogP) is 6.22. The van der Waals surface area contributed by atoms with Crippen molar-refractivity contribution in [1.29, 1.82) is 0 Å². The van der Waals surface area contributed by atoms with Gasteiger partial charge in [-0.25, -0.2) is 4.98 Å². The van der Waals surface area contributed by atoms with E-state index in [4.69, 9.17) is 9.72 Å². The van der Waals surface area contributed by atoms with E-state index in [2.05, 4.69) is 41.9 Å². The maximum absolute atomic E-state index is 13.3. The fourth-order valence-corrected chi connectivity index (χ4v) is 4.86. The average Bonchev–Trinajstić information content (AvgIpc) is 3.29. The van der Waals surface area contributed by atoms with Gasteiger partial charge in [0.05, 0.1) is 12.8 Å². The molecule has 1 N–H and O–H groups in total. The molecule has 4 aromatic rings. The molecule has 0 spiro atoms. The van der Waals surface area contributed by atoms with Gasteiger partial charge in [0.25, 0.3) is 5.91 Å². The number of amides is 1. The number of hydrogen-bond donors (Lipinski definition) is 1. The van der Waals surface area contributed by atoms with Crippen LogP contribution >= 0.6 is 11.3 Å². The van der Waals surface area contributed by atoms with Crippen LogP contribution < -0.4 is 10.1 Å². The molecule has 31 heavy (non-hydrogen) atoms. The van der Waals surface area contributed by atoms with E-state index in [0.29, 0.717) is 10.8 Å². The van der Waals surface area contributed by atoms with Gasteiger partial charge in [0.2, 0.25) is 0 Å². The zero-order valence-corrected chi connectivity index (χ0v) is 19.4. The second-order valence-corrected chi connectivity index (χ2v) is 8.73. The molecule has 0 saturated heterocycles. The highest BCUT2D eigenvalue weighted by molar-refractivity contribution is 7.16. The van der Waals surface area contributed by atoms with Crippen molar-refractivity contribution in [1.82, 2.24) is 9.55 Å². The molecule has 0 aliphatic carbocycles. The maximum atomic E-state index is 13.3. The van der Waals surface area contributed by atoms with E-state index in [1.807, 2.05) is 38.1 Å². The molecule has 1 amide bonds. The van der Waals surface area contributed by atoms with Gasteiger partial charge in [0.1, 0.15) is 11.4 Å². The molecule has 160 valence electrons. The van der Waals surface area contributed by atoms with Gasteiger partial charge in [-0.3, -0.25) is 10.1 Å². The number of nitrogens with zero attached hydrogens (tertiary/aromatic N) is 2. The van der Waals surface area contributed by atoms with Crippen molar-refractivity contribution in [2.24, 2.45) is 0 Å². The second-order valence-electron chi connectivity index (χ2n) is 7.53. The molecule has 0 aliphatic heterocycles. The van der Waals surface area contributed by atoms with Crippen LogP contribution in [0.3, 0.4) is 0 Å². The lowest BCUT2D eigenvalue weighted by molar-refractivity contribution is 0.101. The van der Waals surface area contributed by atoms with Gasteiger partial charge in [0.15, 0.2) is 5.13 Å². The number of ether oxygens (including phenoxy) is 1. The number of thiazole rings is 1. The van der Waals surface area contributed by atoms with E-state index in [-0.39, 0.29) is 5.91 Å². The minimum absolute atomic E-state index is 0.122. The lowest BCUT2D eigenvalue weighted by Crippen LogP contribution is -2.17. The smallest absolute Gasteiger partial charge is 0.274 e. The number of methoxy groups -OCH3 is 1. The van der Waals surface area contributed by atoms with Gasteiger partial charge < -0.3 is 9.30 Å². The molecule has 2 aromatic heterocycles. The summed E-state index contributed by atoms with van der Waals surface area (Å²) in [7, 11) is 1.65. The van der Waals surface area contributed by atoms with E-state index in [1.54, 1.807) is 7.11 Å². The number of benzene rings is 2. The largest absolute Gasteiger partial charge is 0.497 e. The Bertz CT molecular complexity index is 1250. The number of nitrogens with one attached hydrogen (secondary N) is 1. The van der Waals surface area contributed by atoms with E-state index < -0.39 is 0 Å². The predicted molar refractivity (Wildman–Crippen MR) is 129 cm³/mol. The lowest BCUT2D eigenvalue weighted by Gasteiger charge is -2.08. The molecule has 2 aromatic carbocycles. The Hall–Kier alpha value is -3.12. The van der Waals surface area contributed by atoms with Crippen LogP contribution in [0.1, 0.15) is 40.3 Å². The number of fused-ring (bicyclic) bond motifs is 1. The van der Waals surface area contributed by atoms with Crippen LogP contribution in [0.25, 0.3) is 22.2 Å². The first-order chi connectivity index (χ1) is 15.0. The molecule has 4 rings (SSSR count). The fourth-order valence-electron chi connectivity index (χ4n) is 4.03. The average molecular weight is 434 g/mol. The normalized spacial score (nSPS) is 11.1. The number of hydrogen-bond acceptors (Lipinski definition) is 4. The van der Waals surface area contributed by atoms with Crippen molar-refractivity contribution in [3.8, 4) is 17.0 Å². The quantitative estimate of drug-likeness (QED) is 0.392. The summed E-state index contributed by atoms with van der Waals surface area (Å²) in [6, 6.07) is 14.3. The minimum Gasteiger partial charge on any atom is -0.497 e. The molecule has 0 saturated carbocycles. The Labute approximate surface area is 186 Å². The topological polar surface area (TPSA) is 56.1 Å². The highest BCUT2D eigenvalue weighted by Crippen LogP contribution is 2.33. The first-order valence-electron chi connectivity index (χ1n) is 10.5. The van der Waals surface area contributed by atoms with Crippen LogP contribution in [0, 0.1) is 13.8 Å². The van der Waals surface area contributed by atoms with Crippen LogP contribution in [0.2, 0.25) is 0 Å². The first kappa shape index (κ1) is 21.1. The Morgan fingerprint density at radius 2 is 1.87 bits per heavy atom. The summed E-state index contributed by atoms with van der Waals surface area (Å²) in [6.07, 6.45) is 0.973. The van der Waals surface area contributed by atoms with Crippen LogP contribution in [0.15, 0.2) is 42.5 Å². The maximum Gasteiger partial charge on any atom is 0.274 e. The SMILES string of the molecule is CCc1ccc2c(c1)c(C)c(C(=O)Nc1nc(-c3ccc(OC)cc3)c(C)s1)n2CC. The highest BCUT2D eigenvalue weighted by Gasteiger charge is 2.21. The van der Waals surface area contributed by atoms with E-state index in [0.717, 1.165) is 51.3 Å². The van der Waals surface area contributed by atoms with Gasteiger partial charge in [0, 0.05) is 27.9 Å². The highest BCUT2D eigenvalue weighted by atomic mass is 32.1. The molecular weight excluding hydrogens is 406 g/mol. The zero-order valence-electron chi connectivity index (χ0n) is 18.6. The summed E-state index contributed by atoms with van der Waals surface area (Å²) in [6.45, 7) is 8.99. The van der Waals surface area contributed by atoms with Gasteiger partial charge in [-0.1, -0.05) is 13.0 Å². The van der Waals surface area contributed by atoms with Gasteiger partial charge >= 0.3 is 0 Å². The molecule has 0 radical (unpaired) electrons. The summed E-state index contributed by atoms with van der Waals surface area (Å²) in [5, 5.41) is 4.79. The van der Waals surface area contributed by atoms with E-state index in [9.17, 15) is 4.79 Å². The molecule has 0 fully saturated rings. The Kier molecular flexibility index (Phi) is 5.83. The third-order valence-corrected chi connectivity index (χ3v) is 6.59. The van der Waals surface area contributed by atoms with Gasteiger partial charge in [-0.2, -0.15) is 0 Å². The van der Waals surface area contributed by atoms with Crippen LogP contribution in [-0.4, -0.2) is 22.6 Å². The molecule has 6 heteroatoms. The molecule has 2 heterocycles. The van der Waals surface area contributed by atoms with Crippen LogP contribution in [0.4, 0.5) is 5.13 Å². The molecule has 0 bridgehead atoms. The van der Waals surface area contributed by atoms with Crippen molar-refractivity contribution in [3.63, 3.8) is 0 Å². The number of aryl methyl sites for hydroxylation is 4. The number of carbonyl (C=O) groups is 1. The third kappa shape index (κ3) is 3.83. The van der Waals surface area contributed by atoms with Crippen molar-refractivity contribution >= 4 is 33.3 Å². The Morgan fingerprint density at radius 1 is 1.13 bits per heavy atom. The van der Waals surface area contributed by atoms with Crippen molar-refractivity contribution in [3.05, 3.63) is 64.2 Å². The lowest BCUT2D eigenvalue weighted by atomic mass is 10.1. The number of carbonyl (C=O) groups excluding carboxylic acids is 1. The third-order valence-electron chi connectivity index (χ3n) is 5.70. The Morgan fingerprint density at radius 3 is 2.52 bits per heavy atom. The molecule has 0 atom stereocenters. The number of anilines is 1. The van der Waals surface area contributed by atoms with E-state index in [1.165, 1.54) is 16.9 Å². The van der Waals surface area contributed by atoms with Gasteiger partial charge in [-0.05, 0) is 74.7 Å². The van der Waals surface area contributed by atoms with Crippen molar-refractivity contribution in [2.75, 3.05) is 12.4 Å². The molecule has 0 aliphatic rings. The van der Waals surface area contributed by atoms with Crippen LogP contribution in [-0.2, 0) is 13.0 Å². The van der Waals surface area contributed by atoms with Crippen molar-refractivity contribution in [2.45, 2.75) is 40.7 Å². The molecule has 0 unspecified atom stereocenters. The van der Waals surface area contributed by atoms with Gasteiger partial charge in [-0.15, -0.1) is 11.3 Å². The van der Waals surface area contributed by atoms with Crippen molar-refractivity contribution < 1.29 is 9.53 Å². The molecule has 5 nitrogen and oxygen atoms in total. The summed E-state index contributed by atoms with van der Waals surface area (Å²) < 4.78 is 7.32. The van der Waals surface area contributed by atoms with E-state index >= 15 is 0 Å². The number of aromatic nitrogens is 2. The summed E-state index contributed by atoms with van der Waals surface area (Å²) in [5.41, 5.74) is 5.95.